The second-order valence-electron chi connectivity index (χ2n) is 4.29. The van der Waals surface area contributed by atoms with Gasteiger partial charge in [-0.05, 0) is 40.5 Å². The van der Waals surface area contributed by atoms with Gasteiger partial charge >= 0.3 is 0 Å². The molecule has 0 radical (unpaired) electrons. The van der Waals surface area contributed by atoms with Gasteiger partial charge in [-0.1, -0.05) is 46.6 Å². The fourth-order valence-electron chi connectivity index (χ4n) is 1.66. The van der Waals surface area contributed by atoms with E-state index in [9.17, 15) is 0 Å². The minimum atomic E-state index is 0. The van der Waals surface area contributed by atoms with Gasteiger partial charge in [-0.15, -0.1) is 24.8 Å². The molecule has 0 fully saturated rings. The fraction of sp³-hybridized carbons (Fsp3) is 0.429. The first-order chi connectivity index (χ1) is 6.58. The van der Waals surface area contributed by atoms with Crippen molar-refractivity contribution >= 4 is 24.8 Å². The van der Waals surface area contributed by atoms with Crippen molar-refractivity contribution in [2.75, 3.05) is 0 Å². The zero-order chi connectivity index (χ0) is 10.6. The van der Waals surface area contributed by atoms with E-state index < -0.39 is 0 Å². The zero-order valence-electron chi connectivity index (χ0n) is 11.0. The first-order valence-corrected chi connectivity index (χ1v) is 5.26. The Labute approximate surface area is 137 Å². The van der Waals surface area contributed by atoms with E-state index in [2.05, 4.69) is 52.0 Å². The van der Waals surface area contributed by atoms with Crippen LogP contribution in [0.2, 0.25) is 0 Å². The van der Waals surface area contributed by atoms with E-state index in [0.29, 0.717) is 0 Å². The van der Waals surface area contributed by atoms with Crippen LogP contribution in [0.15, 0.2) is 46.6 Å². The van der Waals surface area contributed by atoms with Gasteiger partial charge in [0.1, 0.15) is 0 Å². The van der Waals surface area contributed by atoms with Crippen molar-refractivity contribution in [3.8, 4) is 0 Å². The first-order valence-electron chi connectivity index (χ1n) is 5.26. The summed E-state index contributed by atoms with van der Waals surface area (Å²) >= 11 is 0. The smallest absolute Gasteiger partial charge is 0 e. The molecular weight excluding hydrogens is 330 g/mol. The van der Waals surface area contributed by atoms with Crippen molar-refractivity contribution in [3.05, 3.63) is 46.6 Å². The first kappa shape index (κ1) is 22.6. The van der Waals surface area contributed by atoms with Gasteiger partial charge in [0.15, 0.2) is 0 Å². The van der Waals surface area contributed by atoms with Gasteiger partial charge in [0, 0.05) is 26.2 Å². The monoisotopic (exact) mass is 350 g/mol. The summed E-state index contributed by atoms with van der Waals surface area (Å²) in [6.45, 7) is 8.59. The molecule has 0 nitrogen and oxygen atoms in total. The van der Waals surface area contributed by atoms with Gasteiger partial charge in [0.05, 0.1) is 0 Å². The standard InChI is InChI=1S/2C7H10.2ClH.Zr/c2*1-6-3-4-7(2)5-6;;;/h2*3,5H,4H2,1-2H3;2*1H;. The van der Waals surface area contributed by atoms with Gasteiger partial charge in [0.25, 0.3) is 0 Å². The van der Waals surface area contributed by atoms with Crippen LogP contribution in [0.5, 0.6) is 0 Å². The second-order valence-corrected chi connectivity index (χ2v) is 4.29. The Morgan fingerprint density at radius 3 is 1.06 bits per heavy atom. The molecule has 96 valence electrons. The predicted octanol–water partition coefficient (Wildman–Crippen LogP) is 5.41. The molecule has 0 atom stereocenters. The molecule has 0 unspecified atom stereocenters. The maximum atomic E-state index is 2.25. The summed E-state index contributed by atoms with van der Waals surface area (Å²) < 4.78 is 0. The number of halogens is 2. The molecule has 0 aromatic heterocycles. The van der Waals surface area contributed by atoms with Crippen LogP contribution in [0.1, 0.15) is 40.5 Å². The van der Waals surface area contributed by atoms with Gasteiger partial charge in [-0.2, -0.15) is 0 Å². The molecule has 0 N–H and O–H groups in total. The molecule has 2 aliphatic rings. The third kappa shape index (κ3) is 10.1. The minimum Gasteiger partial charge on any atom is -0.147 e. The summed E-state index contributed by atoms with van der Waals surface area (Å²) in [7, 11) is 0. The summed E-state index contributed by atoms with van der Waals surface area (Å²) in [4.78, 5) is 0. The topological polar surface area (TPSA) is 0 Å². The molecular formula is C14H22Cl2Zr. The average Bonchev–Trinajstić information content (AvgIpc) is 2.63. The molecule has 2 aliphatic carbocycles. The Balaban J connectivity index is -0.000000196. The quantitative estimate of drug-likeness (QED) is 0.547. The van der Waals surface area contributed by atoms with Gasteiger partial charge in [0.2, 0.25) is 0 Å². The Morgan fingerprint density at radius 2 is 1.00 bits per heavy atom. The normalized spacial score (nSPS) is 15.8. The molecule has 0 heterocycles. The van der Waals surface area contributed by atoms with Gasteiger partial charge < -0.3 is 0 Å². The minimum absolute atomic E-state index is 0. The SMILES string of the molecule is CC1=CCC(C)=C1.CC1=CCC(C)=C1.Cl.Cl.[Zr]. The maximum absolute atomic E-state index is 2.25. The van der Waals surface area contributed by atoms with Crippen LogP contribution in [0.4, 0.5) is 0 Å². The van der Waals surface area contributed by atoms with Crippen LogP contribution >= 0.6 is 24.8 Å². The summed E-state index contributed by atoms with van der Waals surface area (Å²) in [6.07, 6.45) is 11.3. The van der Waals surface area contributed by atoms with Crippen LogP contribution < -0.4 is 0 Å². The van der Waals surface area contributed by atoms with Crippen molar-refractivity contribution in [2.45, 2.75) is 40.5 Å². The van der Waals surface area contributed by atoms with Crippen molar-refractivity contribution in [3.63, 3.8) is 0 Å². The third-order valence-electron chi connectivity index (χ3n) is 2.44. The number of allylic oxidation sites excluding steroid dienone is 8. The second kappa shape index (κ2) is 11.5. The Hall–Kier alpha value is 0.423. The van der Waals surface area contributed by atoms with Crippen LogP contribution in [0.3, 0.4) is 0 Å². The Kier molecular flexibility index (Phi) is 15.3. The van der Waals surface area contributed by atoms with Crippen LogP contribution in [0.25, 0.3) is 0 Å². The molecule has 0 spiro atoms. The molecule has 0 aromatic rings. The summed E-state index contributed by atoms with van der Waals surface area (Å²) in [5.74, 6) is 0. The molecule has 3 heteroatoms. The molecule has 0 amide bonds. The molecule has 0 saturated heterocycles. The van der Waals surface area contributed by atoms with Crippen LogP contribution in [-0.4, -0.2) is 0 Å². The molecule has 17 heavy (non-hydrogen) atoms. The molecule has 0 aromatic carbocycles. The van der Waals surface area contributed by atoms with Crippen LogP contribution in [0, 0.1) is 0 Å². The van der Waals surface area contributed by atoms with Gasteiger partial charge in [-0.25, -0.2) is 0 Å². The van der Waals surface area contributed by atoms with E-state index in [-0.39, 0.29) is 51.0 Å². The van der Waals surface area contributed by atoms with E-state index >= 15 is 0 Å². The molecule has 0 saturated carbocycles. The van der Waals surface area contributed by atoms with Crippen molar-refractivity contribution in [2.24, 2.45) is 0 Å². The van der Waals surface area contributed by atoms with E-state index in [4.69, 9.17) is 0 Å². The summed E-state index contributed by atoms with van der Waals surface area (Å²) in [5.41, 5.74) is 5.80. The average molecular weight is 352 g/mol. The largest absolute Gasteiger partial charge is 0.147 e. The fourth-order valence-corrected chi connectivity index (χ4v) is 1.66. The van der Waals surface area contributed by atoms with Crippen molar-refractivity contribution in [1.82, 2.24) is 0 Å². The van der Waals surface area contributed by atoms with Crippen molar-refractivity contribution < 1.29 is 26.2 Å². The zero-order valence-corrected chi connectivity index (χ0v) is 15.1. The summed E-state index contributed by atoms with van der Waals surface area (Å²) in [6, 6.07) is 0. The number of rotatable bonds is 0. The maximum Gasteiger partial charge on any atom is 0 e. The molecule has 0 aliphatic heterocycles. The Bertz CT molecular complexity index is 302. The van der Waals surface area contributed by atoms with Crippen molar-refractivity contribution in [1.29, 1.82) is 0 Å². The summed E-state index contributed by atoms with van der Waals surface area (Å²) in [5, 5.41) is 0. The van der Waals surface area contributed by atoms with E-state index in [0.717, 1.165) is 0 Å². The van der Waals surface area contributed by atoms with Crippen LogP contribution in [-0.2, 0) is 26.2 Å². The van der Waals surface area contributed by atoms with Gasteiger partial charge in [-0.3, -0.25) is 0 Å². The Morgan fingerprint density at radius 1 is 0.706 bits per heavy atom. The number of hydrogen-bond donors (Lipinski definition) is 0. The molecule has 2 rings (SSSR count). The van der Waals surface area contributed by atoms with E-state index in [1.807, 2.05) is 0 Å². The third-order valence-corrected chi connectivity index (χ3v) is 2.44. The van der Waals surface area contributed by atoms with E-state index in [1.165, 1.54) is 35.1 Å². The predicted molar refractivity (Wildman–Crippen MR) is 78.8 cm³/mol. The number of hydrogen-bond acceptors (Lipinski definition) is 0. The van der Waals surface area contributed by atoms with E-state index in [1.54, 1.807) is 0 Å². The molecule has 0 bridgehead atoms.